The Labute approximate surface area is 346 Å². The van der Waals surface area contributed by atoms with Crippen LogP contribution in [0.4, 0.5) is 0 Å². The third-order valence-corrected chi connectivity index (χ3v) is 11.1. The Hall–Kier alpha value is -4.27. The highest BCUT2D eigenvalue weighted by atomic mass is 16.6. The summed E-state index contributed by atoms with van der Waals surface area (Å²) in [6.07, 6.45) is 1.25. The van der Waals surface area contributed by atoms with Crippen molar-refractivity contribution in [3.8, 4) is 0 Å². The molecule has 3 N–H and O–H groups in total. The summed E-state index contributed by atoms with van der Waals surface area (Å²) in [5.74, 6) is -6.78. The van der Waals surface area contributed by atoms with Gasteiger partial charge in [-0.1, -0.05) is 87.8 Å². The highest BCUT2D eigenvalue weighted by molar-refractivity contribution is 5.96. The molecule has 0 aromatic heterocycles. The van der Waals surface area contributed by atoms with E-state index < -0.39 is 114 Å². The van der Waals surface area contributed by atoms with Gasteiger partial charge in [0, 0.05) is 32.6 Å². The van der Waals surface area contributed by atoms with Gasteiger partial charge in [0.1, 0.15) is 30.3 Å². The number of allylic oxidation sites excluding steroid dienone is 1. The molecule has 58 heavy (non-hydrogen) atoms. The van der Waals surface area contributed by atoms with Gasteiger partial charge >= 0.3 is 11.9 Å². The molecule has 1 aliphatic heterocycles. The van der Waals surface area contributed by atoms with Crippen LogP contribution in [0.25, 0.3) is 0 Å². The highest BCUT2D eigenvalue weighted by Crippen LogP contribution is 2.25. The molecule has 0 saturated carbocycles. The molecule has 1 aliphatic rings. The fraction of sp³-hybridized carbons (Fsp3) is 0.744. The van der Waals surface area contributed by atoms with Crippen molar-refractivity contribution in [3.05, 3.63) is 23.3 Å². The van der Waals surface area contributed by atoms with Gasteiger partial charge in [0.15, 0.2) is 6.10 Å². The largest absolute Gasteiger partial charge is 0.456 e. The molecule has 0 fully saturated rings. The molecule has 0 aliphatic carbocycles. The first-order valence-corrected chi connectivity index (χ1v) is 20.6. The summed E-state index contributed by atoms with van der Waals surface area (Å²) in [7, 11) is 4.35. The van der Waals surface area contributed by atoms with E-state index in [0.717, 1.165) is 0 Å². The van der Waals surface area contributed by atoms with Crippen LogP contribution in [0.5, 0.6) is 0 Å². The van der Waals surface area contributed by atoms with E-state index in [4.69, 9.17) is 9.47 Å². The number of nitrogens with zero attached hydrogens (tertiary/aromatic N) is 3. The second kappa shape index (κ2) is 23.4. The van der Waals surface area contributed by atoms with Gasteiger partial charge < -0.3 is 39.9 Å². The summed E-state index contributed by atoms with van der Waals surface area (Å²) in [5, 5.41) is 16.8. The lowest BCUT2D eigenvalue weighted by Crippen LogP contribution is -2.60. The number of likely N-dealkylation sites (N-methyl/N-ethyl adjacent to an activating group) is 3. The van der Waals surface area contributed by atoms with Crippen LogP contribution in [0, 0.1) is 29.6 Å². The van der Waals surface area contributed by atoms with Crippen LogP contribution in [0.2, 0.25) is 0 Å². The van der Waals surface area contributed by atoms with Crippen LogP contribution in [0.15, 0.2) is 23.3 Å². The number of carbonyl (C=O) groups excluding carboxylic acids is 7. The fourth-order valence-corrected chi connectivity index (χ4v) is 6.71. The van der Waals surface area contributed by atoms with E-state index in [2.05, 4.69) is 10.6 Å². The van der Waals surface area contributed by atoms with Crippen molar-refractivity contribution in [1.82, 2.24) is 25.3 Å². The van der Waals surface area contributed by atoms with Gasteiger partial charge in [-0.3, -0.25) is 24.0 Å². The number of nitrogens with one attached hydrogen (secondary N) is 2. The van der Waals surface area contributed by atoms with Crippen molar-refractivity contribution in [3.63, 3.8) is 0 Å². The van der Waals surface area contributed by atoms with E-state index in [0.29, 0.717) is 18.4 Å². The molecule has 330 valence electrons. The molecule has 0 spiro atoms. The molecule has 1 heterocycles. The minimum Gasteiger partial charge on any atom is -0.456 e. The number of cyclic esters (lactones) is 2. The highest BCUT2D eigenvalue weighted by Gasteiger charge is 2.40. The molecule has 15 nitrogen and oxygen atoms in total. The molecule has 1 rings (SSSR count). The Bertz CT molecular complexity index is 1520. The number of aliphatic hydroxyl groups excluding tert-OH is 1. The third-order valence-electron chi connectivity index (χ3n) is 11.1. The fourth-order valence-electron chi connectivity index (χ4n) is 6.71. The zero-order valence-corrected chi connectivity index (χ0v) is 37.9. The maximum absolute atomic E-state index is 14.2. The van der Waals surface area contributed by atoms with E-state index >= 15 is 0 Å². The average Bonchev–Trinajstić information content (AvgIpc) is 3.16. The first kappa shape index (κ1) is 51.7. The first-order chi connectivity index (χ1) is 26.8. The number of rotatable bonds is 7. The molecule has 0 aromatic rings. The van der Waals surface area contributed by atoms with Crippen molar-refractivity contribution in [2.24, 2.45) is 29.6 Å². The number of hydrogen-bond acceptors (Lipinski definition) is 10. The van der Waals surface area contributed by atoms with E-state index in [9.17, 15) is 38.7 Å². The quantitative estimate of drug-likeness (QED) is 0.253. The van der Waals surface area contributed by atoms with Gasteiger partial charge in [-0.2, -0.15) is 0 Å². The summed E-state index contributed by atoms with van der Waals surface area (Å²) in [4.78, 5) is 100. The van der Waals surface area contributed by atoms with Gasteiger partial charge in [-0.15, -0.1) is 0 Å². The second-order valence-corrected chi connectivity index (χ2v) is 17.0. The Morgan fingerprint density at radius 2 is 1.36 bits per heavy atom. The van der Waals surface area contributed by atoms with Gasteiger partial charge in [-0.05, 0) is 62.9 Å². The molecular formula is C43H73N5O10. The molecule has 0 saturated heterocycles. The maximum atomic E-state index is 14.2. The lowest BCUT2D eigenvalue weighted by Gasteiger charge is -2.37. The molecular weight excluding hydrogens is 746 g/mol. The standard InChI is InChI=1S/C43H73N5O10/c1-17-19-27(10)37-29(12)31(49)21-20-28(11)42(55)57-36(25(7)8)38(51)45-34(24(5)6)40(53)48(16)35(26(9)18-2)41(54)46(14)22-32(50)44-33(23(3)4)39(52)47(15)30(13)43(56)58-37/h19-20,23-26,29-31,33-37,49H,17-18,21-22H2,1-16H3,(H,44,50)(H,45,51)/b27-19+,28-20+/t26-,29+,30+,31+,33?,34+,35+,36-,37?/m1/s1. The van der Waals surface area contributed by atoms with Crippen LogP contribution in [0.3, 0.4) is 0 Å². The Morgan fingerprint density at radius 3 is 1.86 bits per heavy atom. The number of carbonyl (C=O) groups is 7. The van der Waals surface area contributed by atoms with E-state index in [1.807, 2.05) is 26.8 Å². The van der Waals surface area contributed by atoms with Crippen molar-refractivity contribution in [2.75, 3.05) is 27.7 Å². The monoisotopic (exact) mass is 820 g/mol. The van der Waals surface area contributed by atoms with E-state index in [1.54, 1.807) is 55.4 Å². The Morgan fingerprint density at radius 1 is 0.828 bits per heavy atom. The molecule has 15 heteroatoms. The van der Waals surface area contributed by atoms with Crippen LogP contribution >= 0.6 is 0 Å². The summed E-state index contributed by atoms with van der Waals surface area (Å²) >= 11 is 0. The Kier molecular flexibility index (Phi) is 20.8. The Balaban J connectivity index is 3.85. The lowest BCUT2D eigenvalue weighted by molar-refractivity contribution is -0.160. The van der Waals surface area contributed by atoms with E-state index in [-0.39, 0.29) is 17.9 Å². The zero-order valence-electron chi connectivity index (χ0n) is 37.9. The predicted molar refractivity (Wildman–Crippen MR) is 222 cm³/mol. The maximum Gasteiger partial charge on any atom is 0.334 e. The minimum atomic E-state index is -1.28. The van der Waals surface area contributed by atoms with Crippen molar-refractivity contribution >= 4 is 41.5 Å². The molecule has 0 bridgehead atoms. The number of amides is 5. The normalized spacial score (nSPS) is 29.6. The molecule has 0 radical (unpaired) electrons. The second-order valence-electron chi connectivity index (χ2n) is 17.0. The lowest BCUT2D eigenvalue weighted by atomic mass is 9.90. The molecule has 0 aromatic carbocycles. The van der Waals surface area contributed by atoms with Gasteiger partial charge in [-0.25, -0.2) is 9.59 Å². The van der Waals surface area contributed by atoms with Crippen molar-refractivity contribution in [1.29, 1.82) is 0 Å². The zero-order chi connectivity index (χ0) is 44.9. The van der Waals surface area contributed by atoms with Gasteiger partial charge in [0.05, 0.1) is 12.6 Å². The number of aliphatic hydroxyl groups is 1. The average molecular weight is 820 g/mol. The number of hydrogen-bond donors (Lipinski definition) is 3. The predicted octanol–water partition coefficient (Wildman–Crippen LogP) is 3.63. The van der Waals surface area contributed by atoms with Gasteiger partial charge in [0.25, 0.3) is 5.91 Å². The molecule has 2 unspecified atom stereocenters. The summed E-state index contributed by atoms with van der Waals surface area (Å²) in [6, 6.07) is -4.26. The smallest absolute Gasteiger partial charge is 0.334 e. The summed E-state index contributed by atoms with van der Waals surface area (Å²) in [6.45, 7) is 22.1. The van der Waals surface area contributed by atoms with Crippen LogP contribution < -0.4 is 10.6 Å². The molecule has 5 amide bonds. The number of ether oxygens (including phenoxy) is 2. The SMILES string of the molecule is CC/C=C(\C)C1OC(=O)[C@H](C)N(C)C(=O)C(C(C)C)NC(=O)CN(C)C(=O)[C@H]([C@H](C)CC)N(C)C(=O)[C@H](C(C)C)NC(=O)[C@@H](C(C)C)OC(=O)/C(C)=C/C[C@H](O)[C@@H]1C. The van der Waals surface area contributed by atoms with Crippen LogP contribution in [-0.2, 0) is 43.0 Å². The van der Waals surface area contributed by atoms with Crippen molar-refractivity contribution < 1.29 is 48.1 Å². The topological polar surface area (TPSA) is 192 Å². The van der Waals surface area contributed by atoms with Gasteiger partial charge in [0.2, 0.25) is 23.6 Å². The van der Waals surface area contributed by atoms with Crippen LogP contribution in [-0.4, -0.2) is 131 Å². The first-order valence-electron chi connectivity index (χ1n) is 20.6. The summed E-state index contributed by atoms with van der Waals surface area (Å²) in [5.41, 5.74) is 0.824. The third kappa shape index (κ3) is 13.9. The molecule has 9 atom stereocenters. The number of esters is 2. The van der Waals surface area contributed by atoms with Crippen LogP contribution in [0.1, 0.15) is 109 Å². The van der Waals surface area contributed by atoms with Crippen molar-refractivity contribution in [2.45, 2.75) is 152 Å². The van der Waals surface area contributed by atoms with E-state index in [1.165, 1.54) is 55.8 Å². The summed E-state index contributed by atoms with van der Waals surface area (Å²) < 4.78 is 11.7. The minimum absolute atomic E-state index is 0.0146.